The number of rotatable bonds is 6. The van der Waals surface area contributed by atoms with Crippen LogP contribution >= 0.6 is 0 Å². The number of nitrogens with zero attached hydrogens (tertiary/aromatic N) is 3. The van der Waals surface area contributed by atoms with E-state index in [1.165, 1.54) is 49.7 Å². The van der Waals surface area contributed by atoms with Gasteiger partial charge in [0.2, 0.25) is 0 Å². The van der Waals surface area contributed by atoms with E-state index < -0.39 is 5.41 Å². The second-order valence-corrected chi connectivity index (χ2v) is 14.5. The van der Waals surface area contributed by atoms with Crippen LogP contribution in [0.2, 0.25) is 0 Å². The molecule has 11 rings (SSSR count). The highest BCUT2D eigenvalue weighted by atomic mass is 15.0. The van der Waals surface area contributed by atoms with Crippen LogP contribution in [0.5, 0.6) is 0 Å². The summed E-state index contributed by atoms with van der Waals surface area (Å²) in [5.41, 5.74) is 15.4. The predicted molar refractivity (Wildman–Crippen MR) is 230 cm³/mol. The third kappa shape index (κ3) is 4.91. The molecule has 56 heavy (non-hydrogen) atoms. The Morgan fingerprint density at radius 1 is 0.357 bits per heavy atom. The van der Waals surface area contributed by atoms with Crippen molar-refractivity contribution in [2.45, 2.75) is 5.41 Å². The standard InChI is InChI=1S/C53H35N3/c1-4-16-37(17-5-1)47-35-48(38-18-6-2-7-19-38)55-52(54-47)39-32-30-36(31-33-39)40-20-14-23-42(34-40)53(41-21-8-3-9-22-41)45-26-11-13-29-50(45)56-49-28-12-10-24-43(49)44-25-15-27-46(53)51(44)56/h1-35H. The first kappa shape index (κ1) is 32.1. The lowest BCUT2D eigenvalue weighted by Gasteiger charge is -2.42. The van der Waals surface area contributed by atoms with Crippen molar-refractivity contribution in [3.8, 4) is 50.7 Å². The van der Waals surface area contributed by atoms with Gasteiger partial charge >= 0.3 is 0 Å². The fourth-order valence-corrected chi connectivity index (χ4v) is 9.01. The summed E-state index contributed by atoms with van der Waals surface area (Å²) in [6.07, 6.45) is 0. The maximum atomic E-state index is 5.08. The van der Waals surface area contributed by atoms with Gasteiger partial charge < -0.3 is 4.57 Å². The van der Waals surface area contributed by atoms with Crippen LogP contribution in [0.15, 0.2) is 212 Å². The minimum atomic E-state index is -0.558. The van der Waals surface area contributed by atoms with Crippen molar-refractivity contribution in [2.75, 3.05) is 0 Å². The highest BCUT2D eigenvalue weighted by Gasteiger charge is 2.45. The fourth-order valence-electron chi connectivity index (χ4n) is 9.01. The highest BCUT2D eigenvalue weighted by Crippen LogP contribution is 2.54. The second-order valence-electron chi connectivity index (χ2n) is 14.5. The zero-order valence-electron chi connectivity index (χ0n) is 30.5. The van der Waals surface area contributed by atoms with Crippen LogP contribution < -0.4 is 0 Å². The first-order chi connectivity index (χ1) is 27.8. The lowest BCUT2D eigenvalue weighted by Crippen LogP contribution is -2.35. The van der Waals surface area contributed by atoms with Gasteiger partial charge in [0.15, 0.2) is 5.82 Å². The number of aromatic nitrogens is 3. The van der Waals surface area contributed by atoms with Gasteiger partial charge in [0.1, 0.15) is 0 Å². The molecule has 0 spiro atoms. The zero-order valence-corrected chi connectivity index (χ0v) is 30.5. The SMILES string of the molecule is c1ccc(-c2cc(-c3ccccc3)nc(-c3ccc(-c4cccc(C5(c6ccccc6)c6ccccc6-n6c7ccccc7c7cccc5c76)c4)cc3)n2)cc1. The molecule has 0 amide bonds. The molecule has 8 aromatic carbocycles. The average molecular weight is 714 g/mol. The molecule has 0 aliphatic carbocycles. The quantitative estimate of drug-likeness (QED) is 0.172. The first-order valence-corrected chi connectivity index (χ1v) is 19.2. The van der Waals surface area contributed by atoms with Crippen LogP contribution in [-0.4, -0.2) is 14.5 Å². The predicted octanol–water partition coefficient (Wildman–Crippen LogP) is 12.9. The van der Waals surface area contributed by atoms with Crippen LogP contribution in [-0.2, 0) is 5.41 Å². The number of hydrogen-bond donors (Lipinski definition) is 0. The fraction of sp³-hybridized carbons (Fsp3) is 0.0189. The third-order valence-corrected chi connectivity index (χ3v) is 11.5. The molecule has 3 nitrogen and oxygen atoms in total. The molecule has 1 unspecified atom stereocenters. The number of benzene rings is 8. The molecular weight excluding hydrogens is 679 g/mol. The average Bonchev–Trinajstić information content (AvgIpc) is 3.63. The molecule has 3 heteroatoms. The molecule has 262 valence electrons. The van der Waals surface area contributed by atoms with Gasteiger partial charge in [-0.2, -0.15) is 0 Å². The zero-order chi connectivity index (χ0) is 37.1. The maximum absolute atomic E-state index is 5.08. The molecule has 0 radical (unpaired) electrons. The Morgan fingerprint density at radius 3 is 1.62 bits per heavy atom. The molecule has 2 aromatic heterocycles. The molecule has 1 aliphatic rings. The van der Waals surface area contributed by atoms with Gasteiger partial charge in [-0.05, 0) is 57.6 Å². The van der Waals surface area contributed by atoms with Gasteiger partial charge in [-0.25, -0.2) is 9.97 Å². The van der Waals surface area contributed by atoms with Crippen molar-refractivity contribution >= 4 is 21.8 Å². The van der Waals surface area contributed by atoms with Crippen molar-refractivity contribution in [3.05, 3.63) is 235 Å². The van der Waals surface area contributed by atoms with Gasteiger partial charge in [0.05, 0.1) is 33.5 Å². The van der Waals surface area contributed by atoms with E-state index in [0.29, 0.717) is 5.82 Å². The number of para-hydroxylation sites is 3. The number of hydrogen-bond acceptors (Lipinski definition) is 2. The van der Waals surface area contributed by atoms with Crippen LogP contribution in [0.1, 0.15) is 22.3 Å². The lowest BCUT2D eigenvalue weighted by molar-refractivity contribution is 0.728. The van der Waals surface area contributed by atoms with Crippen LogP contribution in [0.4, 0.5) is 0 Å². The van der Waals surface area contributed by atoms with Gasteiger partial charge in [0, 0.05) is 27.5 Å². The van der Waals surface area contributed by atoms with Crippen LogP contribution in [0, 0.1) is 0 Å². The molecule has 0 bridgehead atoms. The summed E-state index contributed by atoms with van der Waals surface area (Å²) in [6.45, 7) is 0. The largest absolute Gasteiger partial charge is 0.309 e. The summed E-state index contributed by atoms with van der Waals surface area (Å²) in [4.78, 5) is 10.2. The van der Waals surface area contributed by atoms with Gasteiger partial charge in [-0.15, -0.1) is 0 Å². The molecule has 0 saturated carbocycles. The summed E-state index contributed by atoms with van der Waals surface area (Å²) < 4.78 is 2.48. The van der Waals surface area contributed by atoms with Gasteiger partial charge in [0.25, 0.3) is 0 Å². The summed E-state index contributed by atoms with van der Waals surface area (Å²) in [7, 11) is 0. The van der Waals surface area contributed by atoms with E-state index in [2.05, 4.69) is 205 Å². The molecule has 0 N–H and O–H groups in total. The topological polar surface area (TPSA) is 30.7 Å². The smallest absolute Gasteiger partial charge is 0.160 e. The summed E-state index contributed by atoms with van der Waals surface area (Å²) in [5.74, 6) is 0.704. The molecule has 10 aromatic rings. The van der Waals surface area contributed by atoms with E-state index in [9.17, 15) is 0 Å². The summed E-state index contributed by atoms with van der Waals surface area (Å²) >= 11 is 0. The first-order valence-electron chi connectivity index (χ1n) is 19.2. The van der Waals surface area contributed by atoms with Gasteiger partial charge in [-0.3, -0.25) is 0 Å². The Hall–Kier alpha value is -7.36. The van der Waals surface area contributed by atoms with Crippen molar-refractivity contribution in [2.24, 2.45) is 0 Å². The Bertz CT molecular complexity index is 3000. The minimum Gasteiger partial charge on any atom is -0.309 e. The summed E-state index contributed by atoms with van der Waals surface area (Å²) in [5, 5.41) is 2.54. The van der Waals surface area contributed by atoms with Crippen molar-refractivity contribution in [3.63, 3.8) is 0 Å². The van der Waals surface area contributed by atoms with E-state index >= 15 is 0 Å². The highest BCUT2D eigenvalue weighted by molar-refractivity contribution is 6.12. The van der Waals surface area contributed by atoms with E-state index in [0.717, 1.165) is 39.2 Å². The molecule has 3 heterocycles. The normalized spacial score (nSPS) is 14.5. The van der Waals surface area contributed by atoms with Gasteiger partial charge in [-0.1, -0.05) is 188 Å². The monoisotopic (exact) mass is 713 g/mol. The molecule has 0 fully saturated rings. The molecule has 1 aliphatic heterocycles. The summed E-state index contributed by atoms with van der Waals surface area (Å²) in [6, 6.07) is 76.3. The van der Waals surface area contributed by atoms with Crippen molar-refractivity contribution in [1.82, 2.24) is 14.5 Å². The maximum Gasteiger partial charge on any atom is 0.160 e. The van der Waals surface area contributed by atoms with Crippen molar-refractivity contribution in [1.29, 1.82) is 0 Å². The van der Waals surface area contributed by atoms with Crippen LogP contribution in [0.3, 0.4) is 0 Å². The Balaban J connectivity index is 1.08. The van der Waals surface area contributed by atoms with Crippen LogP contribution in [0.25, 0.3) is 72.5 Å². The van der Waals surface area contributed by atoms with E-state index in [1.54, 1.807) is 0 Å². The second kappa shape index (κ2) is 12.9. The van der Waals surface area contributed by atoms with E-state index in [-0.39, 0.29) is 0 Å². The number of fused-ring (bicyclic) bond motifs is 5. The molecule has 0 saturated heterocycles. The Kier molecular flexibility index (Phi) is 7.39. The van der Waals surface area contributed by atoms with E-state index in [1.807, 2.05) is 12.1 Å². The lowest BCUT2D eigenvalue weighted by atomic mass is 9.63. The third-order valence-electron chi connectivity index (χ3n) is 11.5. The van der Waals surface area contributed by atoms with Crippen molar-refractivity contribution < 1.29 is 0 Å². The Morgan fingerprint density at radius 2 is 0.893 bits per heavy atom. The molecular formula is C53H35N3. The minimum absolute atomic E-state index is 0.558. The molecule has 1 atom stereocenters. The van der Waals surface area contributed by atoms with E-state index in [4.69, 9.17) is 9.97 Å². The Labute approximate surface area is 325 Å².